The second-order valence-electron chi connectivity index (χ2n) is 7.11. The van der Waals surface area contributed by atoms with E-state index in [1.54, 1.807) is 0 Å². The molecule has 0 radical (unpaired) electrons. The summed E-state index contributed by atoms with van der Waals surface area (Å²) in [5.74, 6) is 1.79. The lowest BCUT2D eigenvalue weighted by Crippen LogP contribution is -2.14. The lowest BCUT2D eigenvalue weighted by atomic mass is 9.96. The molecule has 0 aliphatic carbocycles. The second kappa shape index (κ2) is 9.65. The quantitative estimate of drug-likeness (QED) is 0.334. The van der Waals surface area contributed by atoms with E-state index in [-0.39, 0.29) is 5.92 Å². The Morgan fingerprint density at radius 3 is 2.59 bits per heavy atom. The molecule has 2 aromatic carbocycles. The molecule has 0 bridgehead atoms. The Kier molecular flexibility index (Phi) is 6.99. The molecule has 0 spiro atoms. The van der Waals surface area contributed by atoms with Gasteiger partial charge >= 0.3 is 0 Å². The number of benzene rings is 2. The molecule has 152 valence electrons. The molecule has 1 aromatic heterocycles. The largest absolute Gasteiger partial charge is 0.430 e. The molecule has 0 saturated carbocycles. The van der Waals surface area contributed by atoms with Gasteiger partial charge in [-0.15, -0.1) is 0 Å². The van der Waals surface area contributed by atoms with Gasteiger partial charge in [0.2, 0.25) is 0 Å². The van der Waals surface area contributed by atoms with Crippen molar-refractivity contribution in [3.8, 4) is 10.9 Å². The lowest BCUT2D eigenvalue weighted by molar-refractivity contribution is 0.472. The standard InChI is InChI=1S/C23H28N4OS/c1-6-19(18-11-9-8-10-12-18)22-25-23(29-26-22)28-21-14-16(3)20(13-17(21)4)24-15-27(5)7-2/h8-15,19H,6-7H2,1-5H3/b24-15-. The van der Waals surface area contributed by atoms with Gasteiger partial charge in [0.25, 0.3) is 5.19 Å². The summed E-state index contributed by atoms with van der Waals surface area (Å²) >= 11 is 1.30. The Hall–Kier alpha value is -2.73. The number of hydrogen-bond donors (Lipinski definition) is 0. The smallest absolute Gasteiger partial charge is 0.298 e. The third kappa shape index (κ3) is 5.21. The average molecular weight is 409 g/mol. The Labute approximate surface area is 177 Å². The first-order chi connectivity index (χ1) is 14.0. The molecular weight excluding hydrogens is 380 g/mol. The Morgan fingerprint density at radius 2 is 1.90 bits per heavy atom. The lowest BCUT2D eigenvalue weighted by Gasteiger charge is -2.12. The van der Waals surface area contributed by atoms with E-state index in [0.717, 1.165) is 41.4 Å². The molecular formula is C23H28N4OS. The van der Waals surface area contributed by atoms with Crippen molar-refractivity contribution in [2.45, 2.75) is 40.0 Å². The van der Waals surface area contributed by atoms with E-state index in [9.17, 15) is 0 Å². The highest BCUT2D eigenvalue weighted by molar-refractivity contribution is 7.07. The first-order valence-corrected chi connectivity index (χ1v) is 10.7. The van der Waals surface area contributed by atoms with Gasteiger partial charge in [-0.2, -0.15) is 9.36 Å². The normalized spacial score (nSPS) is 12.3. The van der Waals surface area contributed by atoms with Crippen LogP contribution in [0.3, 0.4) is 0 Å². The summed E-state index contributed by atoms with van der Waals surface area (Å²) in [5.41, 5.74) is 4.26. The second-order valence-corrected chi connectivity index (χ2v) is 7.83. The number of ether oxygens (including phenoxy) is 1. The molecule has 0 saturated heterocycles. The van der Waals surface area contributed by atoms with Gasteiger partial charge in [-0.3, -0.25) is 0 Å². The van der Waals surface area contributed by atoms with Gasteiger partial charge in [-0.05, 0) is 56.0 Å². The number of rotatable bonds is 8. The van der Waals surface area contributed by atoms with Gasteiger partial charge in [0, 0.05) is 31.0 Å². The van der Waals surface area contributed by atoms with Crippen LogP contribution < -0.4 is 4.74 Å². The Balaban J connectivity index is 1.79. The van der Waals surface area contributed by atoms with Crippen molar-refractivity contribution >= 4 is 23.6 Å². The van der Waals surface area contributed by atoms with Crippen molar-refractivity contribution in [2.75, 3.05) is 13.6 Å². The van der Waals surface area contributed by atoms with E-state index in [0.29, 0.717) is 5.19 Å². The van der Waals surface area contributed by atoms with Gasteiger partial charge in [-0.25, -0.2) is 4.99 Å². The third-order valence-electron chi connectivity index (χ3n) is 4.93. The van der Waals surface area contributed by atoms with Crippen molar-refractivity contribution in [1.82, 2.24) is 14.3 Å². The molecule has 0 fully saturated rings. The highest BCUT2D eigenvalue weighted by Gasteiger charge is 2.18. The van der Waals surface area contributed by atoms with Crippen molar-refractivity contribution in [1.29, 1.82) is 0 Å². The summed E-state index contributed by atoms with van der Waals surface area (Å²) in [6.45, 7) is 9.24. The minimum Gasteiger partial charge on any atom is -0.430 e. The van der Waals surface area contributed by atoms with Gasteiger partial charge in [-0.1, -0.05) is 37.3 Å². The fraction of sp³-hybridized carbons (Fsp3) is 0.348. The molecule has 0 aliphatic rings. The molecule has 29 heavy (non-hydrogen) atoms. The van der Waals surface area contributed by atoms with E-state index in [4.69, 9.17) is 4.74 Å². The van der Waals surface area contributed by atoms with Gasteiger partial charge < -0.3 is 9.64 Å². The molecule has 1 heterocycles. The number of aliphatic imine (C=N–C) groups is 1. The maximum Gasteiger partial charge on any atom is 0.298 e. The van der Waals surface area contributed by atoms with Crippen molar-refractivity contribution in [3.05, 3.63) is 65.0 Å². The van der Waals surface area contributed by atoms with Crippen LogP contribution in [-0.2, 0) is 0 Å². The first-order valence-electron chi connectivity index (χ1n) is 9.93. The van der Waals surface area contributed by atoms with Gasteiger partial charge in [0.15, 0.2) is 5.82 Å². The van der Waals surface area contributed by atoms with Gasteiger partial charge in [0.05, 0.1) is 12.0 Å². The first kappa shape index (κ1) is 21.0. The molecule has 1 unspecified atom stereocenters. The zero-order chi connectivity index (χ0) is 20.8. The maximum atomic E-state index is 6.09. The fourth-order valence-corrected chi connectivity index (χ4v) is 3.62. The van der Waals surface area contributed by atoms with Crippen LogP contribution in [0.1, 0.15) is 48.7 Å². The van der Waals surface area contributed by atoms with Crippen LogP contribution in [0.15, 0.2) is 47.5 Å². The van der Waals surface area contributed by atoms with Crippen molar-refractivity contribution < 1.29 is 4.74 Å². The molecule has 0 amide bonds. The van der Waals surface area contributed by atoms with Crippen LogP contribution in [0.25, 0.3) is 0 Å². The fourth-order valence-electron chi connectivity index (χ4n) is 3.02. The summed E-state index contributed by atoms with van der Waals surface area (Å²) in [6, 6.07) is 14.4. The number of nitrogens with zero attached hydrogens (tertiary/aromatic N) is 4. The molecule has 3 aromatic rings. The van der Waals surface area contributed by atoms with E-state index >= 15 is 0 Å². The molecule has 5 nitrogen and oxygen atoms in total. The minimum absolute atomic E-state index is 0.180. The Bertz CT molecular complexity index is 968. The number of hydrogen-bond acceptors (Lipinski definition) is 5. The predicted molar refractivity (Wildman–Crippen MR) is 121 cm³/mol. The topological polar surface area (TPSA) is 50.6 Å². The van der Waals surface area contributed by atoms with E-state index in [1.165, 1.54) is 17.1 Å². The molecule has 1 atom stereocenters. The van der Waals surface area contributed by atoms with E-state index < -0.39 is 0 Å². The average Bonchev–Trinajstić information content (AvgIpc) is 3.18. The summed E-state index contributed by atoms with van der Waals surface area (Å²) in [6.07, 6.45) is 2.80. The third-order valence-corrected chi connectivity index (χ3v) is 5.54. The number of aryl methyl sites for hydroxylation is 2. The van der Waals surface area contributed by atoms with E-state index in [2.05, 4.69) is 52.5 Å². The minimum atomic E-state index is 0.180. The van der Waals surface area contributed by atoms with Crippen LogP contribution in [0.5, 0.6) is 10.9 Å². The molecule has 0 aliphatic heterocycles. The van der Waals surface area contributed by atoms with Crippen LogP contribution in [-0.4, -0.2) is 34.2 Å². The summed E-state index contributed by atoms with van der Waals surface area (Å²) in [7, 11) is 2.01. The summed E-state index contributed by atoms with van der Waals surface area (Å²) in [4.78, 5) is 11.3. The van der Waals surface area contributed by atoms with Crippen LogP contribution in [0.2, 0.25) is 0 Å². The van der Waals surface area contributed by atoms with Crippen LogP contribution in [0.4, 0.5) is 5.69 Å². The highest BCUT2D eigenvalue weighted by Crippen LogP contribution is 2.34. The van der Waals surface area contributed by atoms with Crippen LogP contribution in [0, 0.1) is 13.8 Å². The molecule has 3 rings (SSSR count). The zero-order valence-corrected chi connectivity index (χ0v) is 18.5. The van der Waals surface area contributed by atoms with Crippen molar-refractivity contribution in [3.63, 3.8) is 0 Å². The SMILES string of the molecule is CCC(c1ccccc1)c1nsc(Oc2cc(C)c(/N=C\N(C)CC)cc2C)n1. The summed E-state index contributed by atoms with van der Waals surface area (Å²) < 4.78 is 10.6. The van der Waals surface area contributed by atoms with E-state index in [1.807, 2.05) is 50.3 Å². The predicted octanol–water partition coefficient (Wildman–Crippen LogP) is 6.10. The highest BCUT2D eigenvalue weighted by atomic mass is 32.1. The summed E-state index contributed by atoms with van der Waals surface area (Å²) in [5, 5.41) is 0.568. The molecule has 6 heteroatoms. The number of aromatic nitrogens is 2. The monoisotopic (exact) mass is 408 g/mol. The molecule has 0 N–H and O–H groups in total. The maximum absolute atomic E-state index is 6.09. The van der Waals surface area contributed by atoms with Crippen molar-refractivity contribution in [2.24, 2.45) is 4.99 Å². The zero-order valence-electron chi connectivity index (χ0n) is 17.7. The van der Waals surface area contributed by atoms with Gasteiger partial charge in [0.1, 0.15) is 5.75 Å². The van der Waals surface area contributed by atoms with Crippen LogP contribution >= 0.6 is 11.5 Å². The Morgan fingerprint density at radius 1 is 1.14 bits per heavy atom.